The molecule has 20 heavy (non-hydrogen) atoms. The van der Waals surface area contributed by atoms with Gasteiger partial charge in [0, 0.05) is 25.2 Å². The van der Waals surface area contributed by atoms with Gasteiger partial charge < -0.3 is 5.73 Å². The van der Waals surface area contributed by atoms with E-state index < -0.39 is 0 Å². The molecule has 0 bridgehead atoms. The second-order valence-electron chi connectivity index (χ2n) is 5.29. The van der Waals surface area contributed by atoms with Crippen LogP contribution in [0.25, 0.3) is 0 Å². The van der Waals surface area contributed by atoms with E-state index in [2.05, 4.69) is 36.1 Å². The summed E-state index contributed by atoms with van der Waals surface area (Å²) in [5, 5.41) is 0. The summed E-state index contributed by atoms with van der Waals surface area (Å²) in [6.07, 6.45) is 0. The normalized spacial score (nSPS) is 11.1. The number of hydrogen-bond donors (Lipinski definition) is 1. The van der Waals surface area contributed by atoms with E-state index in [-0.39, 0.29) is 5.82 Å². The molecule has 0 aliphatic carbocycles. The highest BCUT2D eigenvalue weighted by atomic mass is 19.1. The van der Waals surface area contributed by atoms with Gasteiger partial charge in [0.05, 0.1) is 0 Å². The number of hydrogen-bond acceptors (Lipinski definition) is 2. The Balaban J connectivity index is 2.02. The Bertz CT molecular complexity index is 581. The van der Waals surface area contributed by atoms with Gasteiger partial charge in [-0.05, 0) is 31.2 Å². The smallest absolute Gasteiger partial charge is 0.128 e. The van der Waals surface area contributed by atoms with Crippen LogP contribution in [0, 0.1) is 12.7 Å². The Morgan fingerprint density at radius 2 is 1.85 bits per heavy atom. The van der Waals surface area contributed by atoms with E-state index in [1.165, 1.54) is 17.2 Å². The summed E-state index contributed by atoms with van der Waals surface area (Å²) < 4.78 is 13.9. The second-order valence-corrected chi connectivity index (χ2v) is 5.29. The fourth-order valence-electron chi connectivity index (χ4n) is 2.31. The van der Waals surface area contributed by atoms with Crippen molar-refractivity contribution in [3.05, 3.63) is 70.5 Å². The lowest BCUT2D eigenvalue weighted by atomic mass is 10.1. The van der Waals surface area contributed by atoms with Gasteiger partial charge in [-0.1, -0.05) is 42.0 Å². The van der Waals surface area contributed by atoms with Crippen molar-refractivity contribution in [1.29, 1.82) is 0 Å². The number of nitrogens with two attached hydrogens (primary N) is 1. The third-order valence-corrected chi connectivity index (χ3v) is 3.33. The molecule has 0 aromatic heterocycles. The van der Waals surface area contributed by atoms with Crippen LogP contribution in [-0.4, -0.2) is 11.9 Å². The lowest BCUT2D eigenvalue weighted by Gasteiger charge is -2.18. The molecule has 2 aromatic carbocycles. The molecule has 2 N–H and O–H groups in total. The standard InChI is InChI=1S/C17H21FN2/c1-13-4-3-5-15(8-13)11-20(2)12-16-7-6-14(10-19)9-17(16)18/h3-9H,10-12,19H2,1-2H3. The van der Waals surface area contributed by atoms with Crippen molar-refractivity contribution in [2.24, 2.45) is 5.73 Å². The SMILES string of the molecule is Cc1cccc(CN(C)Cc2ccc(CN)cc2F)c1. The van der Waals surface area contributed by atoms with E-state index in [1.807, 2.05) is 19.2 Å². The van der Waals surface area contributed by atoms with Gasteiger partial charge in [-0.25, -0.2) is 4.39 Å². The third kappa shape index (κ3) is 3.89. The first-order valence-electron chi connectivity index (χ1n) is 6.80. The van der Waals surface area contributed by atoms with Crippen LogP contribution in [0.3, 0.4) is 0 Å². The lowest BCUT2D eigenvalue weighted by Crippen LogP contribution is -2.18. The van der Waals surface area contributed by atoms with E-state index in [9.17, 15) is 4.39 Å². The van der Waals surface area contributed by atoms with Crippen molar-refractivity contribution in [2.45, 2.75) is 26.6 Å². The van der Waals surface area contributed by atoms with E-state index in [1.54, 1.807) is 0 Å². The van der Waals surface area contributed by atoms with Crippen LogP contribution in [0.15, 0.2) is 42.5 Å². The first-order chi connectivity index (χ1) is 9.58. The molecule has 0 aliphatic heterocycles. The average molecular weight is 272 g/mol. The molecule has 3 heteroatoms. The Morgan fingerprint density at radius 3 is 2.50 bits per heavy atom. The van der Waals surface area contributed by atoms with Gasteiger partial charge in [-0.3, -0.25) is 4.90 Å². The highest BCUT2D eigenvalue weighted by Crippen LogP contribution is 2.14. The van der Waals surface area contributed by atoms with Crippen LogP contribution in [0.1, 0.15) is 22.3 Å². The molecule has 2 nitrogen and oxygen atoms in total. The van der Waals surface area contributed by atoms with Gasteiger partial charge in [-0.15, -0.1) is 0 Å². The topological polar surface area (TPSA) is 29.3 Å². The molecule has 0 amide bonds. The number of rotatable bonds is 5. The maximum Gasteiger partial charge on any atom is 0.128 e. The number of aryl methyl sites for hydroxylation is 1. The molecule has 0 aliphatic rings. The van der Waals surface area contributed by atoms with E-state index >= 15 is 0 Å². The minimum absolute atomic E-state index is 0.177. The van der Waals surface area contributed by atoms with Crippen LogP contribution in [0.5, 0.6) is 0 Å². The van der Waals surface area contributed by atoms with Gasteiger partial charge in [0.2, 0.25) is 0 Å². The molecule has 0 radical (unpaired) electrons. The first kappa shape index (κ1) is 14.7. The third-order valence-electron chi connectivity index (χ3n) is 3.33. The van der Waals surface area contributed by atoms with Gasteiger partial charge in [0.1, 0.15) is 5.82 Å². The van der Waals surface area contributed by atoms with Crippen molar-refractivity contribution in [2.75, 3.05) is 7.05 Å². The first-order valence-corrected chi connectivity index (χ1v) is 6.80. The summed E-state index contributed by atoms with van der Waals surface area (Å²) in [4.78, 5) is 2.11. The lowest BCUT2D eigenvalue weighted by molar-refractivity contribution is 0.313. The molecule has 2 aromatic rings. The summed E-state index contributed by atoms with van der Waals surface area (Å²) in [5.41, 5.74) is 9.53. The van der Waals surface area contributed by atoms with Crippen molar-refractivity contribution in [3.8, 4) is 0 Å². The van der Waals surface area contributed by atoms with E-state index in [4.69, 9.17) is 5.73 Å². The molecule has 0 spiro atoms. The van der Waals surface area contributed by atoms with Crippen molar-refractivity contribution in [3.63, 3.8) is 0 Å². The molecular weight excluding hydrogens is 251 g/mol. The van der Waals surface area contributed by atoms with Crippen LogP contribution in [-0.2, 0) is 19.6 Å². The van der Waals surface area contributed by atoms with Gasteiger partial charge >= 0.3 is 0 Å². The zero-order valence-corrected chi connectivity index (χ0v) is 12.1. The molecular formula is C17H21FN2. The van der Waals surface area contributed by atoms with Crippen LogP contribution in [0.4, 0.5) is 4.39 Å². The van der Waals surface area contributed by atoms with Gasteiger partial charge in [0.25, 0.3) is 0 Å². The predicted molar refractivity (Wildman–Crippen MR) is 80.6 cm³/mol. The maximum atomic E-state index is 13.9. The molecule has 0 saturated heterocycles. The number of halogens is 1. The zero-order chi connectivity index (χ0) is 14.5. The van der Waals surface area contributed by atoms with Crippen LogP contribution >= 0.6 is 0 Å². The van der Waals surface area contributed by atoms with E-state index in [0.29, 0.717) is 18.7 Å². The predicted octanol–water partition coefficient (Wildman–Crippen LogP) is 3.22. The van der Waals surface area contributed by atoms with Crippen LogP contribution < -0.4 is 5.73 Å². The summed E-state index contributed by atoms with van der Waals surface area (Å²) in [7, 11) is 2.00. The molecule has 2 rings (SSSR count). The maximum absolute atomic E-state index is 13.9. The Kier molecular flexibility index (Phi) is 4.88. The molecule has 0 fully saturated rings. The fourth-order valence-corrected chi connectivity index (χ4v) is 2.31. The highest BCUT2D eigenvalue weighted by Gasteiger charge is 2.07. The second kappa shape index (κ2) is 6.64. The van der Waals surface area contributed by atoms with Crippen LogP contribution in [0.2, 0.25) is 0 Å². The minimum atomic E-state index is -0.177. The largest absolute Gasteiger partial charge is 0.326 e. The number of nitrogens with zero attached hydrogens (tertiary/aromatic N) is 1. The monoisotopic (exact) mass is 272 g/mol. The summed E-state index contributed by atoms with van der Waals surface area (Å²) in [5.74, 6) is -0.177. The minimum Gasteiger partial charge on any atom is -0.326 e. The Morgan fingerprint density at radius 1 is 1.05 bits per heavy atom. The quantitative estimate of drug-likeness (QED) is 0.905. The average Bonchev–Trinajstić information content (AvgIpc) is 2.41. The van der Waals surface area contributed by atoms with Gasteiger partial charge in [0.15, 0.2) is 0 Å². The molecule has 0 atom stereocenters. The van der Waals surface area contributed by atoms with Crippen molar-refractivity contribution < 1.29 is 4.39 Å². The zero-order valence-electron chi connectivity index (χ0n) is 12.1. The fraction of sp³-hybridized carbons (Fsp3) is 0.294. The van der Waals surface area contributed by atoms with Crippen molar-refractivity contribution in [1.82, 2.24) is 4.90 Å². The Hall–Kier alpha value is -1.71. The summed E-state index contributed by atoms with van der Waals surface area (Å²) in [6.45, 7) is 3.84. The van der Waals surface area contributed by atoms with Gasteiger partial charge in [-0.2, -0.15) is 0 Å². The summed E-state index contributed by atoms with van der Waals surface area (Å²) in [6, 6.07) is 13.6. The number of benzene rings is 2. The summed E-state index contributed by atoms with van der Waals surface area (Å²) >= 11 is 0. The molecule has 0 saturated carbocycles. The Labute approximate surface area is 120 Å². The molecule has 106 valence electrons. The molecule has 0 heterocycles. The highest BCUT2D eigenvalue weighted by molar-refractivity contribution is 5.25. The molecule has 0 unspecified atom stereocenters. The van der Waals surface area contributed by atoms with E-state index in [0.717, 1.165) is 12.1 Å². The van der Waals surface area contributed by atoms with Crippen molar-refractivity contribution >= 4 is 0 Å².